The second kappa shape index (κ2) is 4.02. The van der Waals surface area contributed by atoms with Crippen molar-refractivity contribution >= 4 is 38.1 Å². The summed E-state index contributed by atoms with van der Waals surface area (Å²) in [5.41, 5.74) is 0.975. The van der Waals surface area contributed by atoms with E-state index in [9.17, 15) is 4.79 Å². The first-order chi connectivity index (χ1) is 5.24. The van der Waals surface area contributed by atoms with Gasteiger partial charge in [-0.05, 0) is 17.7 Å². The molecule has 0 fully saturated rings. The Kier molecular flexibility index (Phi) is 3.27. The van der Waals surface area contributed by atoms with Crippen LogP contribution in [0.25, 0.3) is 0 Å². The average Bonchev–Trinajstić information content (AvgIpc) is 2.05. The van der Waals surface area contributed by atoms with Crippen LogP contribution in [0.15, 0.2) is 28.7 Å². The highest BCUT2D eigenvalue weighted by molar-refractivity contribution is 9.10. The second-order valence-electron chi connectivity index (χ2n) is 2.09. The summed E-state index contributed by atoms with van der Waals surface area (Å²) in [6.45, 7) is 0. The van der Waals surface area contributed by atoms with Gasteiger partial charge < -0.3 is 4.79 Å². The van der Waals surface area contributed by atoms with Crippen LogP contribution >= 0.6 is 31.9 Å². The van der Waals surface area contributed by atoms with Crippen LogP contribution in [-0.2, 0) is 4.79 Å². The Bertz CT molecular complexity index is 243. The average molecular weight is 278 g/mol. The fraction of sp³-hybridized carbons (Fsp3) is 0.125. The molecule has 1 nitrogen and oxygen atoms in total. The number of carbonyl (C=O) groups excluding carboxylic acids is 1. The van der Waals surface area contributed by atoms with Crippen molar-refractivity contribution in [2.24, 2.45) is 0 Å². The highest BCUT2D eigenvalue weighted by atomic mass is 79.9. The number of aldehydes is 1. The lowest BCUT2D eigenvalue weighted by atomic mass is 10.2. The van der Waals surface area contributed by atoms with Crippen molar-refractivity contribution in [2.75, 3.05) is 0 Å². The molecule has 58 valence electrons. The summed E-state index contributed by atoms with van der Waals surface area (Å²) in [6.07, 6.45) is 0.864. The fourth-order valence-electron chi connectivity index (χ4n) is 0.725. The van der Waals surface area contributed by atoms with Crippen LogP contribution in [0.4, 0.5) is 0 Å². The molecule has 0 radical (unpaired) electrons. The van der Waals surface area contributed by atoms with Crippen molar-refractivity contribution in [1.29, 1.82) is 0 Å². The third kappa shape index (κ3) is 2.42. The van der Waals surface area contributed by atoms with Gasteiger partial charge in [0.05, 0.1) is 4.83 Å². The number of benzene rings is 1. The molecule has 0 bridgehead atoms. The molecule has 0 heterocycles. The molecular weight excluding hydrogens is 272 g/mol. The van der Waals surface area contributed by atoms with E-state index in [-0.39, 0.29) is 4.83 Å². The molecule has 0 saturated carbocycles. The summed E-state index contributed by atoms with van der Waals surface area (Å²) in [5.74, 6) is 0. The summed E-state index contributed by atoms with van der Waals surface area (Å²) in [6, 6.07) is 7.62. The quantitative estimate of drug-likeness (QED) is 0.600. The van der Waals surface area contributed by atoms with Gasteiger partial charge in [-0.3, -0.25) is 0 Å². The number of hydrogen-bond acceptors (Lipinski definition) is 1. The maximum Gasteiger partial charge on any atom is 0.138 e. The summed E-state index contributed by atoms with van der Waals surface area (Å²) < 4.78 is 1.02. The van der Waals surface area contributed by atoms with Crippen LogP contribution in [0.5, 0.6) is 0 Å². The number of carbonyl (C=O) groups is 1. The van der Waals surface area contributed by atoms with Crippen molar-refractivity contribution < 1.29 is 4.79 Å². The number of hydrogen-bond donors (Lipinski definition) is 0. The van der Waals surface area contributed by atoms with E-state index in [2.05, 4.69) is 31.9 Å². The van der Waals surface area contributed by atoms with Gasteiger partial charge in [0.2, 0.25) is 0 Å². The molecule has 0 N–H and O–H groups in total. The summed E-state index contributed by atoms with van der Waals surface area (Å²) in [7, 11) is 0. The van der Waals surface area contributed by atoms with E-state index in [1.807, 2.05) is 24.3 Å². The van der Waals surface area contributed by atoms with Gasteiger partial charge in [-0.25, -0.2) is 0 Å². The minimum absolute atomic E-state index is 0.185. The van der Waals surface area contributed by atoms with Crippen LogP contribution in [-0.4, -0.2) is 6.29 Å². The summed E-state index contributed by atoms with van der Waals surface area (Å²) in [5, 5.41) is 0. The van der Waals surface area contributed by atoms with Gasteiger partial charge in [-0.2, -0.15) is 0 Å². The Balaban J connectivity index is 2.89. The highest BCUT2D eigenvalue weighted by Crippen LogP contribution is 2.21. The minimum Gasteiger partial charge on any atom is -0.302 e. The third-order valence-corrected chi connectivity index (χ3v) is 2.58. The Labute approximate surface area is 82.1 Å². The Morgan fingerprint density at radius 1 is 1.27 bits per heavy atom. The maximum atomic E-state index is 10.3. The molecule has 1 unspecified atom stereocenters. The lowest BCUT2D eigenvalue weighted by Gasteiger charge is -2.00. The van der Waals surface area contributed by atoms with Crippen molar-refractivity contribution in [3.05, 3.63) is 34.3 Å². The number of alkyl halides is 1. The van der Waals surface area contributed by atoms with Crippen molar-refractivity contribution in [3.8, 4) is 0 Å². The third-order valence-electron chi connectivity index (χ3n) is 1.31. The first-order valence-electron chi connectivity index (χ1n) is 3.09. The molecule has 0 aromatic heterocycles. The van der Waals surface area contributed by atoms with Gasteiger partial charge in [0, 0.05) is 4.47 Å². The monoisotopic (exact) mass is 276 g/mol. The predicted octanol–water partition coefficient (Wildman–Crippen LogP) is 3.08. The van der Waals surface area contributed by atoms with Gasteiger partial charge in [0.25, 0.3) is 0 Å². The van der Waals surface area contributed by atoms with E-state index in [4.69, 9.17) is 0 Å². The van der Waals surface area contributed by atoms with Crippen LogP contribution in [0.3, 0.4) is 0 Å². The SMILES string of the molecule is O=CC(Br)c1ccc(Br)cc1. The molecule has 0 aliphatic rings. The van der Waals surface area contributed by atoms with Gasteiger partial charge in [0.1, 0.15) is 6.29 Å². The maximum absolute atomic E-state index is 10.3. The lowest BCUT2D eigenvalue weighted by molar-refractivity contribution is -0.107. The molecule has 1 atom stereocenters. The largest absolute Gasteiger partial charge is 0.302 e. The van der Waals surface area contributed by atoms with Crippen LogP contribution in [0.1, 0.15) is 10.4 Å². The molecule has 11 heavy (non-hydrogen) atoms. The molecule has 1 aromatic carbocycles. The van der Waals surface area contributed by atoms with Gasteiger partial charge in [-0.1, -0.05) is 44.0 Å². The van der Waals surface area contributed by atoms with E-state index in [1.165, 1.54) is 0 Å². The van der Waals surface area contributed by atoms with Crippen molar-refractivity contribution in [3.63, 3.8) is 0 Å². The molecule has 0 aliphatic heterocycles. The van der Waals surface area contributed by atoms with Crippen LogP contribution in [0.2, 0.25) is 0 Å². The summed E-state index contributed by atoms with van der Waals surface area (Å²) >= 11 is 6.54. The standard InChI is InChI=1S/C8H6Br2O/c9-7-3-1-6(2-4-7)8(10)5-11/h1-5,8H. The normalized spacial score (nSPS) is 12.5. The molecule has 0 amide bonds. The minimum atomic E-state index is -0.185. The van der Waals surface area contributed by atoms with E-state index in [0.29, 0.717) is 0 Å². The first kappa shape index (κ1) is 8.94. The van der Waals surface area contributed by atoms with Crippen LogP contribution in [0, 0.1) is 0 Å². The molecule has 0 aliphatic carbocycles. The van der Waals surface area contributed by atoms with Gasteiger partial charge >= 0.3 is 0 Å². The lowest BCUT2D eigenvalue weighted by Crippen LogP contribution is -1.88. The zero-order chi connectivity index (χ0) is 8.27. The highest BCUT2D eigenvalue weighted by Gasteiger charge is 2.03. The Morgan fingerprint density at radius 3 is 2.27 bits per heavy atom. The second-order valence-corrected chi connectivity index (χ2v) is 3.99. The smallest absolute Gasteiger partial charge is 0.138 e. The van der Waals surface area contributed by atoms with E-state index >= 15 is 0 Å². The van der Waals surface area contributed by atoms with Crippen molar-refractivity contribution in [2.45, 2.75) is 4.83 Å². The topological polar surface area (TPSA) is 17.1 Å². The van der Waals surface area contributed by atoms with Crippen LogP contribution < -0.4 is 0 Å². The number of rotatable bonds is 2. The molecule has 0 saturated heterocycles. The zero-order valence-corrected chi connectivity index (χ0v) is 8.80. The fourth-order valence-corrected chi connectivity index (χ4v) is 1.29. The number of halogens is 2. The predicted molar refractivity (Wildman–Crippen MR) is 51.9 cm³/mol. The first-order valence-corrected chi connectivity index (χ1v) is 4.79. The molecule has 1 rings (SSSR count). The van der Waals surface area contributed by atoms with Gasteiger partial charge in [-0.15, -0.1) is 0 Å². The van der Waals surface area contributed by atoms with Crippen molar-refractivity contribution in [1.82, 2.24) is 0 Å². The van der Waals surface area contributed by atoms with E-state index < -0.39 is 0 Å². The molecule has 1 aromatic rings. The zero-order valence-electron chi connectivity index (χ0n) is 5.63. The van der Waals surface area contributed by atoms with Gasteiger partial charge in [0.15, 0.2) is 0 Å². The van der Waals surface area contributed by atoms with E-state index in [0.717, 1.165) is 16.3 Å². The molecule has 3 heteroatoms. The Hall–Kier alpha value is -0.150. The van der Waals surface area contributed by atoms with E-state index in [1.54, 1.807) is 0 Å². The Morgan fingerprint density at radius 2 is 1.82 bits per heavy atom. The molecular formula is C8H6Br2O. The summed E-state index contributed by atoms with van der Waals surface area (Å²) in [4.78, 5) is 10.1. The molecule has 0 spiro atoms.